The van der Waals surface area contributed by atoms with E-state index in [-0.39, 0.29) is 6.10 Å². The van der Waals surface area contributed by atoms with Crippen LogP contribution in [0, 0.1) is 6.92 Å². The molecule has 0 fully saturated rings. The Morgan fingerprint density at radius 2 is 2.10 bits per heavy atom. The van der Waals surface area contributed by atoms with Crippen molar-refractivity contribution < 1.29 is 4.74 Å². The standard InChI is InChI=1S/C16H29N3O/c1-6-7-17-12-15-10-14(4)18-16(11-15)19(5)8-9-20-13(2)3/h10-11,13,17H,6-9,12H2,1-5H3. The number of anilines is 1. The minimum Gasteiger partial charge on any atom is -0.377 e. The molecule has 0 amide bonds. The maximum atomic E-state index is 5.59. The second kappa shape index (κ2) is 8.93. The summed E-state index contributed by atoms with van der Waals surface area (Å²) in [6.45, 7) is 11.9. The summed E-state index contributed by atoms with van der Waals surface area (Å²) >= 11 is 0. The van der Waals surface area contributed by atoms with Gasteiger partial charge >= 0.3 is 0 Å². The Labute approximate surface area is 123 Å². The monoisotopic (exact) mass is 279 g/mol. The predicted octanol–water partition coefficient (Wildman–Crippen LogP) is 2.75. The number of hydrogen-bond donors (Lipinski definition) is 1. The summed E-state index contributed by atoms with van der Waals surface area (Å²) in [5.74, 6) is 1.02. The predicted molar refractivity (Wildman–Crippen MR) is 85.3 cm³/mol. The van der Waals surface area contributed by atoms with Gasteiger partial charge in [-0.15, -0.1) is 0 Å². The smallest absolute Gasteiger partial charge is 0.128 e. The van der Waals surface area contributed by atoms with E-state index in [1.54, 1.807) is 0 Å². The van der Waals surface area contributed by atoms with Gasteiger partial charge in [0, 0.05) is 25.8 Å². The van der Waals surface area contributed by atoms with E-state index in [1.165, 1.54) is 5.56 Å². The van der Waals surface area contributed by atoms with Crippen molar-refractivity contribution in [3.05, 3.63) is 23.4 Å². The van der Waals surface area contributed by atoms with Gasteiger partial charge in [-0.25, -0.2) is 4.98 Å². The molecule has 0 aromatic carbocycles. The van der Waals surface area contributed by atoms with Gasteiger partial charge in [-0.1, -0.05) is 6.92 Å². The van der Waals surface area contributed by atoms with Gasteiger partial charge in [0.1, 0.15) is 5.82 Å². The molecule has 0 radical (unpaired) electrons. The van der Waals surface area contributed by atoms with Crippen LogP contribution in [0.15, 0.2) is 12.1 Å². The Morgan fingerprint density at radius 3 is 2.75 bits per heavy atom. The molecule has 1 heterocycles. The molecule has 0 spiro atoms. The van der Waals surface area contributed by atoms with Crippen molar-refractivity contribution >= 4 is 5.82 Å². The van der Waals surface area contributed by atoms with Crippen LogP contribution in [-0.2, 0) is 11.3 Å². The third kappa shape index (κ3) is 6.35. The summed E-state index contributed by atoms with van der Waals surface area (Å²) in [5.41, 5.74) is 2.35. The Kier molecular flexibility index (Phi) is 7.55. The number of likely N-dealkylation sites (N-methyl/N-ethyl adjacent to an activating group) is 1. The molecule has 0 saturated heterocycles. The largest absolute Gasteiger partial charge is 0.377 e. The van der Waals surface area contributed by atoms with Gasteiger partial charge in [0.15, 0.2) is 0 Å². The van der Waals surface area contributed by atoms with Crippen LogP contribution in [0.2, 0.25) is 0 Å². The maximum Gasteiger partial charge on any atom is 0.128 e. The molecular formula is C16H29N3O. The van der Waals surface area contributed by atoms with E-state index in [0.717, 1.165) is 44.2 Å². The van der Waals surface area contributed by atoms with Crippen molar-refractivity contribution in [2.75, 3.05) is 31.6 Å². The number of nitrogens with one attached hydrogen (secondary N) is 1. The Balaban J connectivity index is 2.59. The van der Waals surface area contributed by atoms with Crippen LogP contribution in [0.3, 0.4) is 0 Å². The Hall–Kier alpha value is -1.13. The highest BCUT2D eigenvalue weighted by Gasteiger charge is 2.06. The van der Waals surface area contributed by atoms with Crippen molar-refractivity contribution in [3.63, 3.8) is 0 Å². The molecule has 4 nitrogen and oxygen atoms in total. The fourth-order valence-electron chi connectivity index (χ4n) is 1.97. The van der Waals surface area contributed by atoms with E-state index in [2.05, 4.69) is 55.2 Å². The lowest BCUT2D eigenvalue weighted by molar-refractivity contribution is 0.0845. The van der Waals surface area contributed by atoms with Gasteiger partial charge in [-0.05, 0) is 51.4 Å². The van der Waals surface area contributed by atoms with Crippen LogP contribution in [0.5, 0.6) is 0 Å². The van der Waals surface area contributed by atoms with Crippen molar-refractivity contribution in [2.45, 2.75) is 46.8 Å². The number of hydrogen-bond acceptors (Lipinski definition) is 4. The summed E-state index contributed by atoms with van der Waals surface area (Å²) in [5, 5.41) is 3.43. The molecular weight excluding hydrogens is 250 g/mol. The molecule has 20 heavy (non-hydrogen) atoms. The molecule has 0 aliphatic heterocycles. The van der Waals surface area contributed by atoms with Crippen LogP contribution in [0.25, 0.3) is 0 Å². The van der Waals surface area contributed by atoms with E-state index in [0.29, 0.717) is 0 Å². The fraction of sp³-hybridized carbons (Fsp3) is 0.688. The first kappa shape index (κ1) is 16.9. The van der Waals surface area contributed by atoms with E-state index in [9.17, 15) is 0 Å². The van der Waals surface area contributed by atoms with Crippen LogP contribution < -0.4 is 10.2 Å². The molecule has 0 bridgehead atoms. The third-order valence-corrected chi connectivity index (χ3v) is 3.02. The van der Waals surface area contributed by atoms with E-state index < -0.39 is 0 Å². The number of nitrogens with zero attached hydrogens (tertiary/aromatic N) is 2. The van der Waals surface area contributed by atoms with Crippen LogP contribution in [0.4, 0.5) is 5.82 Å². The normalized spacial score (nSPS) is 11.1. The summed E-state index contributed by atoms with van der Waals surface area (Å²) in [4.78, 5) is 6.75. The zero-order valence-electron chi connectivity index (χ0n) is 13.6. The van der Waals surface area contributed by atoms with Crippen LogP contribution in [0.1, 0.15) is 38.4 Å². The van der Waals surface area contributed by atoms with Crippen LogP contribution in [-0.4, -0.2) is 37.8 Å². The lowest BCUT2D eigenvalue weighted by atomic mass is 10.2. The van der Waals surface area contributed by atoms with E-state index in [4.69, 9.17) is 4.74 Å². The minimum absolute atomic E-state index is 0.280. The first-order chi connectivity index (χ1) is 9.52. The SMILES string of the molecule is CCCNCc1cc(C)nc(N(C)CCOC(C)C)c1. The number of rotatable bonds is 9. The number of ether oxygens (including phenoxy) is 1. The average molecular weight is 279 g/mol. The molecule has 1 N–H and O–H groups in total. The second-order valence-electron chi connectivity index (χ2n) is 5.49. The maximum absolute atomic E-state index is 5.59. The highest BCUT2D eigenvalue weighted by molar-refractivity contribution is 5.41. The quantitative estimate of drug-likeness (QED) is 0.705. The lowest BCUT2D eigenvalue weighted by Crippen LogP contribution is -2.25. The molecule has 1 rings (SSSR count). The third-order valence-electron chi connectivity index (χ3n) is 3.02. The lowest BCUT2D eigenvalue weighted by Gasteiger charge is -2.20. The molecule has 114 valence electrons. The zero-order chi connectivity index (χ0) is 15.0. The molecule has 0 aliphatic carbocycles. The summed E-state index contributed by atoms with van der Waals surface area (Å²) < 4.78 is 5.59. The summed E-state index contributed by atoms with van der Waals surface area (Å²) in [6, 6.07) is 4.30. The Morgan fingerprint density at radius 1 is 1.35 bits per heavy atom. The van der Waals surface area contributed by atoms with Gasteiger partial charge in [0.25, 0.3) is 0 Å². The number of aromatic nitrogens is 1. The molecule has 0 saturated carbocycles. The van der Waals surface area contributed by atoms with Crippen molar-refractivity contribution in [1.82, 2.24) is 10.3 Å². The van der Waals surface area contributed by atoms with Crippen molar-refractivity contribution in [2.24, 2.45) is 0 Å². The Bertz CT molecular complexity index is 393. The average Bonchev–Trinajstić information content (AvgIpc) is 2.38. The molecule has 0 aliphatic rings. The first-order valence-electron chi connectivity index (χ1n) is 7.54. The fourth-order valence-corrected chi connectivity index (χ4v) is 1.97. The summed E-state index contributed by atoms with van der Waals surface area (Å²) in [7, 11) is 2.06. The summed E-state index contributed by atoms with van der Waals surface area (Å²) in [6.07, 6.45) is 1.44. The van der Waals surface area contributed by atoms with Gasteiger partial charge < -0.3 is 15.0 Å². The second-order valence-corrected chi connectivity index (χ2v) is 5.49. The van der Waals surface area contributed by atoms with Crippen molar-refractivity contribution in [1.29, 1.82) is 0 Å². The molecule has 1 aromatic rings. The molecule has 0 unspecified atom stereocenters. The number of aryl methyl sites for hydroxylation is 1. The van der Waals surface area contributed by atoms with E-state index in [1.807, 2.05) is 6.92 Å². The molecule has 4 heteroatoms. The van der Waals surface area contributed by atoms with Crippen molar-refractivity contribution in [3.8, 4) is 0 Å². The van der Waals surface area contributed by atoms with Gasteiger partial charge in [0.2, 0.25) is 0 Å². The van der Waals surface area contributed by atoms with Crippen LogP contribution >= 0.6 is 0 Å². The van der Waals surface area contributed by atoms with Gasteiger partial charge in [-0.3, -0.25) is 0 Å². The highest BCUT2D eigenvalue weighted by atomic mass is 16.5. The number of pyridine rings is 1. The molecule has 0 atom stereocenters. The van der Waals surface area contributed by atoms with E-state index >= 15 is 0 Å². The highest BCUT2D eigenvalue weighted by Crippen LogP contribution is 2.13. The minimum atomic E-state index is 0.280. The molecule has 1 aromatic heterocycles. The van der Waals surface area contributed by atoms with Gasteiger partial charge in [0.05, 0.1) is 12.7 Å². The topological polar surface area (TPSA) is 37.4 Å². The zero-order valence-corrected chi connectivity index (χ0v) is 13.6. The first-order valence-corrected chi connectivity index (χ1v) is 7.54. The van der Waals surface area contributed by atoms with Gasteiger partial charge in [-0.2, -0.15) is 0 Å².